The van der Waals surface area contributed by atoms with Gasteiger partial charge < -0.3 is 15.8 Å². The van der Waals surface area contributed by atoms with Crippen molar-refractivity contribution in [3.8, 4) is 5.75 Å². The number of ether oxygens (including phenoxy) is 1. The van der Waals surface area contributed by atoms with E-state index in [0.29, 0.717) is 11.7 Å². The highest BCUT2D eigenvalue weighted by atomic mass is 16.5. The van der Waals surface area contributed by atoms with E-state index >= 15 is 0 Å². The first-order valence-electron chi connectivity index (χ1n) is 5.33. The first kappa shape index (κ1) is 11.9. The fourth-order valence-electron chi connectivity index (χ4n) is 1.30. The third-order valence-electron chi connectivity index (χ3n) is 2.56. The minimum atomic E-state index is 0.536. The van der Waals surface area contributed by atoms with E-state index in [1.165, 1.54) is 5.56 Å². The van der Waals surface area contributed by atoms with Crippen molar-refractivity contribution in [1.29, 1.82) is 0 Å². The number of anilines is 1. The molecular formula is C12H20N2O. The summed E-state index contributed by atoms with van der Waals surface area (Å²) in [5, 5.41) is 3.42. The van der Waals surface area contributed by atoms with Gasteiger partial charge in [-0.25, -0.2) is 0 Å². The molecule has 0 saturated heterocycles. The Labute approximate surface area is 91.6 Å². The second-order valence-electron chi connectivity index (χ2n) is 3.77. The molecule has 0 amide bonds. The van der Waals surface area contributed by atoms with Gasteiger partial charge in [0.25, 0.3) is 0 Å². The quantitative estimate of drug-likeness (QED) is 0.729. The molecule has 0 radical (unpaired) electrons. The molecule has 0 saturated carbocycles. The van der Waals surface area contributed by atoms with Crippen molar-refractivity contribution in [1.82, 2.24) is 5.32 Å². The highest BCUT2D eigenvalue weighted by Gasteiger charge is 2.02. The SMILES string of the molecule is CCC(C)NCc1ccc(N)c(OC)c1. The number of benzene rings is 1. The van der Waals surface area contributed by atoms with E-state index in [9.17, 15) is 0 Å². The Bertz CT molecular complexity index is 312. The molecule has 1 atom stereocenters. The number of nitrogens with one attached hydrogen (secondary N) is 1. The normalized spacial score (nSPS) is 12.5. The van der Waals surface area contributed by atoms with E-state index in [1.807, 2.05) is 18.2 Å². The molecule has 0 spiro atoms. The van der Waals surface area contributed by atoms with Gasteiger partial charge in [-0.1, -0.05) is 13.0 Å². The molecule has 1 rings (SSSR count). The van der Waals surface area contributed by atoms with Crippen LogP contribution in [0, 0.1) is 0 Å². The van der Waals surface area contributed by atoms with Crippen LogP contribution in [-0.2, 0) is 6.54 Å². The molecule has 3 nitrogen and oxygen atoms in total. The van der Waals surface area contributed by atoms with Gasteiger partial charge in [-0.05, 0) is 31.0 Å². The van der Waals surface area contributed by atoms with E-state index in [1.54, 1.807) is 7.11 Å². The standard InChI is InChI=1S/C12H20N2O/c1-4-9(2)14-8-10-5-6-11(13)12(7-10)15-3/h5-7,9,14H,4,8,13H2,1-3H3. The predicted molar refractivity (Wildman–Crippen MR) is 64.0 cm³/mol. The fraction of sp³-hybridized carbons (Fsp3) is 0.500. The van der Waals surface area contributed by atoms with E-state index in [0.717, 1.165) is 18.7 Å². The molecule has 15 heavy (non-hydrogen) atoms. The van der Waals surface area contributed by atoms with E-state index in [4.69, 9.17) is 10.5 Å². The number of nitrogens with two attached hydrogens (primary N) is 1. The second kappa shape index (κ2) is 5.61. The highest BCUT2D eigenvalue weighted by Crippen LogP contribution is 2.21. The lowest BCUT2D eigenvalue weighted by atomic mass is 10.1. The van der Waals surface area contributed by atoms with Gasteiger partial charge in [-0.2, -0.15) is 0 Å². The summed E-state index contributed by atoms with van der Waals surface area (Å²) in [4.78, 5) is 0. The van der Waals surface area contributed by atoms with Crippen molar-refractivity contribution >= 4 is 5.69 Å². The Balaban J connectivity index is 2.62. The van der Waals surface area contributed by atoms with Gasteiger partial charge in [0.15, 0.2) is 0 Å². The van der Waals surface area contributed by atoms with Crippen LogP contribution in [0.4, 0.5) is 5.69 Å². The number of hydrogen-bond acceptors (Lipinski definition) is 3. The van der Waals surface area contributed by atoms with Gasteiger partial charge >= 0.3 is 0 Å². The fourth-order valence-corrected chi connectivity index (χ4v) is 1.30. The van der Waals surface area contributed by atoms with Crippen LogP contribution in [0.1, 0.15) is 25.8 Å². The molecule has 0 aliphatic rings. The molecule has 1 aromatic rings. The van der Waals surface area contributed by atoms with Crippen molar-refractivity contribution in [2.75, 3.05) is 12.8 Å². The molecule has 3 N–H and O–H groups in total. The summed E-state index contributed by atoms with van der Waals surface area (Å²) >= 11 is 0. The molecule has 0 heterocycles. The average molecular weight is 208 g/mol. The van der Waals surface area contributed by atoms with Gasteiger partial charge in [0.1, 0.15) is 5.75 Å². The second-order valence-corrected chi connectivity index (χ2v) is 3.77. The summed E-state index contributed by atoms with van der Waals surface area (Å²) in [6, 6.07) is 6.42. The molecule has 0 aliphatic heterocycles. The van der Waals surface area contributed by atoms with Crippen LogP contribution in [0.2, 0.25) is 0 Å². The van der Waals surface area contributed by atoms with Gasteiger partial charge in [-0.15, -0.1) is 0 Å². The highest BCUT2D eigenvalue weighted by molar-refractivity contribution is 5.53. The van der Waals surface area contributed by atoms with Crippen LogP contribution >= 0.6 is 0 Å². The van der Waals surface area contributed by atoms with Crippen molar-refractivity contribution in [2.45, 2.75) is 32.9 Å². The maximum Gasteiger partial charge on any atom is 0.142 e. The van der Waals surface area contributed by atoms with Gasteiger partial charge in [-0.3, -0.25) is 0 Å². The lowest BCUT2D eigenvalue weighted by Crippen LogP contribution is -2.24. The van der Waals surface area contributed by atoms with Crippen molar-refractivity contribution in [3.63, 3.8) is 0 Å². The van der Waals surface area contributed by atoms with Crippen LogP contribution in [0.3, 0.4) is 0 Å². The third kappa shape index (κ3) is 3.44. The number of rotatable bonds is 5. The van der Waals surface area contributed by atoms with Crippen molar-refractivity contribution in [2.24, 2.45) is 0 Å². The zero-order valence-corrected chi connectivity index (χ0v) is 9.71. The summed E-state index contributed by atoms with van der Waals surface area (Å²) in [6.45, 7) is 5.20. The molecule has 84 valence electrons. The summed E-state index contributed by atoms with van der Waals surface area (Å²) in [5.74, 6) is 0.749. The van der Waals surface area contributed by atoms with Crippen molar-refractivity contribution < 1.29 is 4.74 Å². The largest absolute Gasteiger partial charge is 0.495 e. The smallest absolute Gasteiger partial charge is 0.142 e. The summed E-state index contributed by atoms with van der Waals surface area (Å²) < 4.78 is 5.17. The molecule has 0 aromatic heterocycles. The Hall–Kier alpha value is -1.22. The number of nitrogen functional groups attached to an aromatic ring is 1. The molecule has 1 aromatic carbocycles. The Kier molecular flexibility index (Phi) is 4.43. The molecule has 1 unspecified atom stereocenters. The maximum atomic E-state index is 5.74. The first-order valence-corrected chi connectivity index (χ1v) is 5.33. The lowest BCUT2D eigenvalue weighted by molar-refractivity contribution is 0.416. The average Bonchev–Trinajstić information content (AvgIpc) is 2.27. The Morgan fingerprint density at radius 3 is 2.80 bits per heavy atom. The van der Waals surface area contributed by atoms with Crippen molar-refractivity contribution in [3.05, 3.63) is 23.8 Å². The number of hydrogen-bond donors (Lipinski definition) is 2. The topological polar surface area (TPSA) is 47.3 Å². The van der Waals surface area contributed by atoms with E-state index < -0.39 is 0 Å². The van der Waals surface area contributed by atoms with Crippen LogP contribution in [0.5, 0.6) is 5.75 Å². The first-order chi connectivity index (χ1) is 7.17. The summed E-state index contributed by atoms with van der Waals surface area (Å²) in [7, 11) is 1.64. The minimum absolute atomic E-state index is 0.536. The zero-order chi connectivity index (χ0) is 11.3. The van der Waals surface area contributed by atoms with E-state index in [2.05, 4.69) is 19.2 Å². The Morgan fingerprint density at radius 2 is 2.20 bits per heavy atom. The summed E-state index contributed by atoms with van der Waals surface area (Å²) in [6.07, 6.45) is 1.13. The molecule has 0 aliphatic carbocycles. The van der Waals surface area contributed by atoms with Crippen LogP contribution in [0.25, 0.3) is 0 Å². The molecule has 0 fully saturated rings. The van der Waals surface area contributed by atoms with Gasteiger partial charge in [0.2, 0.25) is 0 Å². The van der Waals surface area contributed by atoms with Crippen LogP contribution in [-0.4, -0.2) is 13.2 Å². The maximum absolute atomic E-state index is 5.74. The lowest BCUT2D eigenvalue weighted by Gasteiger charge is -2.12. The predicted octanol–water partition coefficient (Wildman–Crippen LogP) is 2.17. The summed E-state index contributed by atoms with van der Waals surface area (Å²) in [5.41, 5.74) is 7.62. The monoisotopic (exact) mass is 208 g/mol. The third-order valence-corrected chi connectivity index (χ3v) is 2.56. The minimum Gasteiger partial charge on any atom is -0.495 e. The van der Waals surface area contributed by atoms with Gasteiger partial charge in [0, 0.05) is 12.6 Å². The molecule has 3 heteroatoms. The molecule has 0 bridgehead atoms. The number of methoxy groups -OCH3 is 1. The van der Waals surface area contributed by atoms with Crippen LogP contribution in [0.15, 0.2) is 18.2 Å². The van der Waals surface area contributed by atoms with E-state index in [-0.39, 0.29) is 0 Å². The van der Waals surface area contributed by atoms with Gasteiger partial charge in [0.05, 0.1) is 12.8 Å². The zero-order valence-electron chi connectivity index (χ0n) is 9.71. The Morgan fingerprint density at radius 1 is 1.47 bits per heavy atom. The molecular weight excluding hydrogens is 188 g/mol. The van der Waals surface area contributed by atoms with Crippen LogP contribution < -0.4 is 15.8 Å².